The third-order valence-electron chi connectivity index (χ3n) is 2.16. The molecule has 3 rings (SSSR count). The maximum absolute atomic E-state index is 5.99. The fourth-order valence-electron chi connectivity index (χ4n) is 1.34. The van der Waals surface area contributed by atoms with E-state index in [2.05, 4.69) is 30.1 Å². The molecule has 3 aromatic rings. The number of aromatic nitrogens is 5. The molecule has 0 spiro atoms. The fraction of sp³-hybridized carbons (Fsp3) is 0. The van der Waals surface area contributed by atoms with Crippen molar-refractivity contribution in [3.63, 3.8) is 0 Å². The molecule has 0 aliphatic rings. The summed E-state index contributed by atoms with van der Waals surface area (Å²) in [5, 5.41) is 11.4. The van der Waals surface area contributed by atoms with Crippen LogP contribution in [0.15, 0.2) is 21.4 Å². The Morgan fingerprint density at radius 1 is 1.11 bits per heavy atom. The summed E-state index contributed by atoms with van der Waals surface area (Å²) in [5.41, 5.74) is 6.00. The van der Waals surface area contributed by atoms with Crippen LogP contribution in [0.2, 0.25) is 10.0 Å². The van der Waals surface area contributed by atoms with Gasteiger partial charge in [-0.15, -0.1) is 0 Å². The molecular formula is C9H4Cl2N6O2. The summed E-state index contributed by atoms with van der Waals surface area (Å²) in [4.78, 5) is 8.09. The third kappa shape index (κ3) is 2.11. The lowest BCUT2D eigenvalue weighted by atomic mass is 10.3. The Morgan fingerprint density at radius 2 is 1.95 bits per heavy atom. The van der Waals surface area contributed by atoms with Crippen molar-refractivity contribution in [2.24, 2.45) is 0 Å². The molecule has 0 radical (unpaired) electrons. The van der Waals surface area contributed by atoms with Crippen LogP contribution in [0.5, 0.6) is 0 Å². The van der Waals surface area contributed by atoms with Gasteiger partial charge in [0.25, 0.3) is 5.89 Å². The molecule has 0 unspecified atom stereocenters. The van der Waals surface area contributed by atoms with E-state index in [4.69, 9.17) is 33.5 Å². The highest BCUT2D eigenvalue weighted by Crippen LogP contribution is 2.28. The Kier molecular flexibility index (Phi) is 2.80. The van der Waals surface area contributed by atoms with Gasteiger partial charge in [-0.1, -0.05) is 28.4 Å². The Bertz CT molecular complexity index is 740. The zero-order chi connectivity index (χ0) is 13.4. The lowest BCUT2D eigenvalue weighted by Crippen LogP contribution is -1.89. The molecule has 0 amide bonds. The van der Waals surface area contributed by atoms with Crippen LogP contribution in [0, 0.1) is 0 Å². The van der Waals surface area contributed by atoms with Gasteiger partial charge in [-0.25, -0.2) is 9.61 Å². The first-order valence-electron chi connectivity index (χ1n) is 4.88. The summed E-state index contributed by atoms with van der Waals surface area (Å²) in [6.45, 7) is 0. The van der Waals surface area contributed by atoms with Crippen molar-refractivity contribution in [1.82, 2.24) is 25.4 Å². The van der Waals surface area contributed by atoms with Crippen LogP contribution in [0.1, 0.15) is 0 Å². The Morgan fingerprint density at radius 3 is 2.63 bits per heavy atom. The number of rotatable bonds is 2. The van der Waals surface area contributed by atoms with Crippen LogP contribution in [0.3, 0.4) is 0 Å². The van der Waals surface area contributed by atoms with Gasteiger partial charge < -0.3 is 10.3 Å². The van der Waals surface area contributed by atoms with Gasteiger partial charge in [0.1, 0.15) is 5.69 Å². The summed E-state index contributed by atoms with van der Waals surface area (Å²) in [7, 11) is 0. The number of nitrogens with zero attached hydrogens (tertiary/aromatic N) is 5. The summed E-state index contributed by atoms with van der Waals surface area (Å²) in [6, 6.07) is 1.52. The standard InChI is InChI=1S/C9H4Cl2N6O2/c10-3-1-4(11)5(13-2-3)8-14-9(18-17-8)6-7(12)16-19-15-6/h1-2H,(H2,12,16). The molecule has 3 heterocycles. The second kappa shape index (κ2) is 4.48. The van der Waals surface area contributed by atoms with Crippen LogP contribution in [-0.4, -0.2) is 25.4 Å². The predicted octanol–water partition coefficient (Wildman–Crippen LogP) is 2.07. The minimum atomic E-state index is 0.0466. The SMILES string of the molecule is Nc1nonc1-c1nc(-c2ncc(Cl)cc2Cl)no1. The van der Waals surface area contributed by atoms with Gasteiger partial charge in [0.15, 0.2) is 0 Å². The van der Waals surface area contributed by atoms with E-state index < -0.39 is 0 Å². The number of pyridine rings is 1. The van der Waals surface area contributed by atoms with Crippen LogP contribution in [-0.2, 0) is 0 Å². The van der Waals surface area contributed by atoms with E-state index in [1.807, 2.05) is 0 Å². The number of halogens is 2. The van der Waals surface area contributed by atoms with E-state index in [0.29, 0.717) is 15.7 Å². The first-order valence-corrected chi connectivity index (χ1v) is 5.64. The van der Waals surface area contributed by atoms with Crippen LogP contribution in [0.4, 0.5) is 5.82 Å². The van der Waals surface area contributed by atoms with E-state index in [0.717, 1.165) is 0 Å². The first-order chi connectivity index (χ1) is 9.15. The zero-order valence-corrected chi connectivity index (χ0v) is 10.6. The molecule has 0 aliphatic carbocycles. The minimum Gasteiger partial charge on any atom is -0.379 e. The van der Waals surface area contributed by atoms with Crippen molar-refractivity contribution < 1.29 is 9.15 Å². The van der Waals surface area contributed by atoms with Gasteiger partial charge in [-0.2, -0.15) is 4.98 Å². The topological polar surface area (TPSA) is 117 Å². The molecule has 2 N–H and O–H groups in total. The number of hydrogen-bond donors (Lipinski definition) is 1. The smallest absolute Gasteiger partial charge is 0.284 e. The van der Waals surface area contributed by atoms with E-state index in [1.54, 1.807) is 0 Å². The third-order valence-corrected chi connectivity index (χ3v) is 2.66. The van der Waals surface area contributed by atoms with Gasteiger partial charge in [0, 0.05) is 6.20 Å². The Labute approximate surface area is 115 Å². The number of nitrogens with two attached hydrogens (primary N) is 1. The molecule has 0 saturated carbocycles. The molecule has 96 valence electrons. The summed E-state index contributed by atoms with van der Waals surface area (Å²) < 4.78 is 9.44. The zero-order valence-electron chi connectivity index (χ0n) is 9.04. The molecule has 8 nitrogen and oxygen atoms in total. The molecular weight excluding hydrogens is 295 g/mol. The second-order valence-electron chi connectivity index (χ2n) is 3.41. The quantitative estimate of drug-likeness (QED) is 0.764. The van der Waals surface area contributed by atoms with Crippen LogP contribution in [0.25, 0.3) is 23.1 Å². The van der Waals surface area contributed by atoms with Crippen molar-refractivity contribution >= 4 is 29.0 Å². The maximum Gasteiger partial charge on any atom is 0.284 e. The fourth-order valence-corrected chi connectivity index (χ4v) is 1.80. The van der Waals surface area contributed by atoms with Gasteiger partial charge in [-0.3, -0.25) is 0 Å². The molecule has 10 heteroatoms. The predicted molar refractivity (Wildman–Crippen MR) is 65.3 cm³/mol. The Balaban J connectivity index is 2.04. The average Bonchev–Trinajstić information content (AvgIpc) is 2.97. The lowest BCUT2D eigenvalue weighted by Gasteiger charge is -1.97. The Hall–Kier alpha value is -2.19. The largest absolute Gasteiger partial charge is 0.379 e. The number of hydrogen-bond acceptors (Lipinski definition) is 8. The summed E-state index contributed by atoms with van der Waals surface area (Å²) in [6.07, 6.45) is 1.42. The van der Waals surface area contributed by atoms with Crippen molar-refractivity contribution in [1.29, 1.82) is 0 Å². The van der Waals surface area contributed by atoms with Crippen LogP contribution >= 0.6 is 23.2 Å². The average molecular weight is 299 g/mol. The van der Waals surface area contributed by atoms with Crippen LogP contribution < -0.4 is 5.73 Å². The molecule has 0 fully saturated rings. The highest BCUT2D eigenvalue weighted by molar-refractivity contribution is 6.35. The molecule has 0 aliphatic heterocycles. The van der Waals surface area contributed by atoms with Gasteiger partial charge in [0.05, 0.1) is 10.0 Å². The normalized spacial score (nSPS) is 10.8. The van der Waals surface area contributed by atoms with E-state index >= 15 is 0 Å². The van der Waals surface area contributed by atoms with E-state index in [1.165, 1.54) is 12.3 Å². The van der Waals surface area contributed by atoms with Gasteiger partial charge >= 0.3 is 0 Å². The molecule has 0 saturated heterocycles. The molecule has 0 bridgehead atoms. The van der Waals surface area contributed by atoms with Crippen molar-refractivity contribution in [2.45, 2.75) is 0 Å². The highest BCUT2D eigenvalue weighted by atomic mass is 35.5. The van der Waals surface area contributed by atoms with E-state index in [9.17, 15) is 0 Å². The van der Waals surface area contributed by atoms with Crippen molar-refractivity contribution in [2.75, 3.05) is 5.73 Å². The monoisotopic (exact) mass is 298 g/mol. The molecule has 3 aromatic heterocycles. The van der Waals surface area contributed by atoms with E-state index in [-0.39, 0.29) is 23.2 Å². The number of nitrogen functional groups attached to an aromatic ring is 1. The summed E-state index contributed by atoms with van der Waals surface area (Å²) >= 11 is 11.7. The minimum absolute atomic E-state index is 0.0466. The highest BCUT2D eigenvalue weighted by Gasteiger charge is 2.19. The van der Waals surface area contributed by atoms with Gasteiger partial charge in [-0.05, 0) is 16.4 Å². The summed E-state index contributed by atoms with van der Waals surface area (Å²) in [5.74, 6) is 0.283. The van der Waals surface area contributed by atoms with Crippen molar-refractivity contribution in [3.05, 3.63) is 22.3 Å². The second-order valence-corrected chi connectivity index (χ2v) is 4.25. The number of anilines is 1. The molecule has 19 heavy (non-hydrogen) atoms. The molecule has 0 aromatic carbocycles. The lowest BCUT2D eigenvalue weighted by molar-refractivity contribution is 0.308. The molecule has 0 atom stereocenters. The van der Waals surface area contributed by atoms with Gasteiger partial charge in [0.2, 0.25) is 17.3 Å². The van der Waals surface area contributed by atoms with Crippen molar-refractivity contribution in [3.8, 4) is 23.1 Å². The first kappa shape index (κ1) is 11.9. The maximum atomic E-state index is 5.99.